The summed E-state index contributed by atoms with van der Waals surface area (Å²) in [7, 11) is 1.86. The van der Waals surface area contributed by atoms with Gasteiger partial charge in [0, 0.05) is 71.9 Å². The van der Waals surface area contributed by atoms with Crippen LogP contribution in [0.2, 0.25) is 0 Å². The molecule has 1 aromatic rings. The van der Waals surface area contributed by atoms with E-state index in [9.17, 15) is 0 Å². The quantitative estimate of drug-likeness (QED) is 0.316. The number of aromatic nitrogens is 2. The lowest BCUT2D eigenvalue weighted by molar-refractivity contribution is 0.105. The third kappa shape index (κ3) is 7.61. The number of guanidine groups is 1. The van der Waals surface area contributed by atoms with Gasteiger partial charge in [0.2, 0.25) is 5.95 Å². The van der Waals surface area contributed by atoms with Gasteiger partial charge in [-0.1, -0.05) is 12.8 Å². The molecular formula is C23H41N7O. The number of anilines is 1. The van der Waals surface area contributed by atoms with Gasteiger partial charge in [0.05, 0.1) is 0 Å². The number of piperazine rings is 1. The zero-order valence-electron chi connectivity index (χ0n) is 19.5. The molecule has 0 amide bonds. The smallest absolute Gasteiger partial charge is 0.225 e. The summed E-state index contributed by atoms with van der Waals surface area (Å²) >= 11 is 0. The van der Waals surface area contributed by atoms with Gasteiger partial charge >= 0.3 is 0 Å². The molecule has 0 spiro atoms. The Bertz CT molecular complexity index is 641. The molecule has 8 heteroatoms. The highest BCUT2D eigenvalue weighted by atomic mass is 16.5. The maximum atomic E-state index is 5.63. The van der Waals surface area contributed by atoms with Crippen LogP contribution in [-0.2, 0) is 4.74 Å². The van der Waals surface area contributed by atoms with E-state index in [0.29, 0.717) is 5.41 Å². The molecule has 1 saturated carbocycles. The van der Waals surface area contributed by atoms with Crippen LogP contribution in [0.3, 0.4) is 0 Å². The van der Waals surface area contributed by atoms with Gasteiger partial charge in [-0.3, -0.25) is 9.89 Å². The molecule has 1 aliphatic carbocycles. The fourth-order valence-corrected chi connectivity index (χ4v) is 4.70. The Balaban J connectivity index is 1.30. The topological polar surface area (TPSA) is 77.9 Å². The molecule has 0 aromatic carbocycles. The summed E-state index contributed by atoms with van der Waals surface area (Å²) in [4.78, 5) is 18.0. The average molecular weight is 432 g/mol. The van der Waals surface area contributed by atoms with E-state index in [-0.39, 0.29) is 0 Å². The number of nitrogens with one attached hydrogen (secondary N) is 2. The van der Waals surface area contributed by atoms with Crippen molar-refractivity contribution < 1.29 is 4.74 Å². The third-order valence-electron chi connectivity index (χ3n) is 6.65. The van der Waals surface area contributed by atoms with Crippen LogP contribution >= 0.6 is 0 Å². The van der Waals surface area contributed by atoms with Gasteiger partial charge in [-0.15, -0.1) is 0 Å². The Labute approximate surface area is 187 Å². The van der Waals surface area contributed by atoms with E-state index in [1.807, 2.05) is 25.5 Å². The fraction of sp³-hybridized carbons (Fsp3) is 0.783. The van der Waals surface area contributed by atoms with Gasteiger partial charge in [0.25, 0.3) is 0 Å². The highest BCUT2D eigenvalue weighted by Crippen LogP contribution is 2.40. The summed E-state index contributed by atoms with van der Waals surface area (Å²) in [6.07, 6.45) is 11.1. The number of hydrogen-bond donors (Lipinski definition) is 2. The second kappa shape index (κ2) is 12.8. The molecule has 31 heavy (non-hydrogen) atoms. The Kier molecular flexibility index (Phi) is 9.81. The second-order valence-corrected chi connectivity index (χ2v) is 8.74. The molecule has 0 radical (unpaired) electrons. The van der Waals surface area contributed by atoms with Crippen LogP contribution < -0.4 is 15.5 Å². The molecular weight excluding hydrogens is 390 g/mol. The van der Waals surface area contributed by atoms with Crippen molar-refractivity contribution in [2.24, 2.45) is 10.4 Å². The van der Waals surface area contributed by atoms with Crippen molar-refractivity contribution in [2.75, 3.05) is 71.0 Å². The van der Waals surface area contributed by atoms with E-state index in [2.05, 4.69) is 42.3 Å². The van der Waals surface area contributed by atoms with E-state index < -0.39 is 0 Å². The Morgan fingerprint density at radius 3 is 2.55 bits per heavy atom. The van der Waals surface area contributed by atoms with Crippen molar-refractivity contribution in [1.82, 2.24) is 25.5 Å². The molecule has 2 aliphatic rings. The molecule has 2 N–H and O–H groups in total. The van der Waals surface area contributed by atoms with Crippen LogP contribution in [0.25, 0.3) is 0 Å². The first-order valence-electron chi connectivity index (χ1n) is 12.0. The summed E-state index contributed by atoms with van der Waals surface area (Å²) in [5, 5.41) is 7.09. The maximum Gasteiger partial charge on any atom is 0.225 e. The number of hydrogen-bond acceptors (Lipinski definition) is 6. The van der Waals surface area contributed by atoms with Crippen LogP contribution in [-0.4, -0.2) is 86.9 Å². The van der Waals surface area contributed by atoms with E-state index in [0.717, 1.165) is 83.8 Å². The van der Waals surface area contributed by atoms with Crippen LogP contribution in [0.15, 0.2) is 23.5 Å². The predicted octanol–water partition coefficient (Wildman–Crippen LogP) is 2.14. The number of nitrogens with zero attached hydrogens (tertiary/aromatic N) is 5. The molecule has 174 valence electrons. The van der Waals surface area contributed by atoms with Crippen LogP contribution in [0.5, 0.6) is 0 Å². The van der Waals surface area contributed by atoms with Crippen molar-refractivity contribution in [3.8, 4) is 0 Å². The third-order valence-corrected chi connectivity index (χ3v) is 6.65. The van der Waals surface area contributed by atoms with Crippen LogP contribution in [0, 0.1) is 5.41 Å². The molecule has 1 saturated heterocycles. The molecule has 1 aromatic heterocycles. The first-order chi connectivity index (χ1) is 15.2. The van der Waals surface area contributed by atoms with Crippen molar-refractivity contribution in [3.05, 3.63) is 18.5 Å². The summed E-state index contributed by atoms with van der Waals surface area (Å²) < 4.78 is 5.63. The fourth-order valence-electron chi connectivity index (χ4n) is 4.70. The van der Waals surface area contributed by atoms with Gasteiger partial charge in [-0.05, 0) is 50.6 Å². The van der Waals surface area contributed by atoms with Gasteiger partial charge in [0.1, 0.15) is 0 Å². The standard InChI is InChI=1S/C23H41N7O/c1-3-31-19-10-23(8-4-5-9-23)20-28-21(24-2)25-13-7-14-29-15-17-30(18-16-29)22-26-11-6-12-27-22/h6,11-12H,3-5,7-10,13-20H2,1-2H3,(H2,24,25,28). The normalized spacial score (nSPS) is 19.5. The lowest BCUT2D eigenvalue weighted by Gasteiger charge is -2.34. The SMILES string of the molecule is CCOCCC1(CNC(=NC)NCCCN2CCN(c3ncccn3)CC2)CCCC1. The number of aliphatic imine (C=N–C) groups is 1. The second-order valence-electron chi connectivity index (χ2n) is 8.74. The monoisotopic (exact) mass is 431 g/mol. The summed E-state index contributed by atoms with van der Waals surface area (Å²) in [5.74, 6) is 1.77. The summed E-state index contributed by atoms with van der Waals surface area (Å²) in [6.45, 7) is 10.9. The largest absolute Gasteiger partial charge is 0.382 e. The summed E-state index contributed by atoms with van der Waals surface area (Å²) in [6, 6.07) is 1.87. The van der Waals surface area contributed by atoms with E-state index in [1.54, 1.807) is 0 Å². The lowest BCUT2D eigenvalue weighted by Crippen LogP contribution is -2.48. The molecule has 8 nitrogen and oxygen atoms in total. The first kappa shape index (κ1) is 23.7. The maximum absolute atomic E-state index is 5.63. The van der Waals surface area contributed by atoms with Gasteiger partial charge in [-0.2, -0.15) is 0 Å². The minimum Gasteiger partial charge on any atom is -0.382 e. The molecule has 2 fully saturated rings. The molecule has 2 heterocycles. The van der Waals surface area contributed by atoms with Crippen molar-refractivity contribution >= 4 is 11.9 Å². The van der Waals surface area contributed by atoms with Crippen molar-refractivity contribution in [3.63, 3.8) is 0 Å². The van der Waals surface area contributed by atoms with Gasteiger partial charge in [0.15, 0.2) is 5.96 Å². The molecule has 0 bridgehead atoms. The van der Waals surface area contributed by atoms with E-state index in [4.69, 9.17) is 4.74 Å². The average Bonchev–Trinajstić information content (AvgIpc) is 3.29. The van der Waals surface area contributed by atoms with Crippen LogP contribution in [0.4, 0.5) is 5.95 Å². The zero-order valence-corrected chi connectivity index (χ0v) is 19.5. The Morgan fingerprint density at radius 2 is 1.87 bits per heavy atom. The summed E-state index contributed by atoms with van der Waals surface area (Å²) in [5.41, 5.74) is 0.370. The molecule has 3 rings (SSSR count). The molecule has 0 atom stereocenters. The minimum absolute atomic E-state index is 0.370. The Hall–Kier alpha value is -1.93. The van der Waals surface area contributed by atoms with E-state index >= 15 is 0 Å². The number of rotatable bonds is 11. The van der Waals surface area contributed by atoms with Crippen molar-refractivity contribution in [2.45, 2.75) is 45.4 Å². The van der Waals surface area contributed by atoms with Gasteiger partial charge < -0.3 is 20.3 Å². The zero-order chi connectivity index (χ0) is 21.8. The molecule has 0 unspecified atom stereocenters. The highest BCUT2D eigenvalue weighted by Gasteiger charge is 2.33. The first-order valence-corrected chi connectivity index (χ1v) is 12.0. The number of ether oxygens (including phenoxy) is 1. The van der Waals surface area contributed by atoms with Crippen molar-refractivity contribution in [1.29, 1.82) is 0 Å². The lowest BCUT2D eigenvalue weighted by atomic mass is 9.83. The molecule has 1 aliphatic heterocycles. The van der Waals surface area contributed by atoms with Crippen LogP contribution in [0.1, 0.15) is 45.4 Å². The van der Waals surface area contributed by atoms with Gasteiger partial charge in [-0.25, -0.2) is 9.97 Å². The minimum atomic E-state index is 0.370. The highest BCUT2D eigenvalue weighted by molar-refractivity contribution is 5.79. The Morgan fingerprint density at radius 1 is 1.13 bits per heavy atom. The van der Waals surface area contributed by atoms with E-state index in [1.165, 1.54) is 25.7 Å². The predicted molar refractivity (Wildman–Crippen MR) is 127 cm³/mol.